The van der Waals surface area contributed by atoms with Gasteiger partial charge in [0.05, 0.1) is 4.92 Å². The van der Waals surface area contributed by atoms with Crippen LogP contribution in [0.3, 0.4) is 0 Å². The van der Waals surface area contributed by atoms with Crippen molar-refractivity contribution >= 4 is 11.6 Å². The molecule has 126 valence electrons. The third-order valence-electron chi connectivity index (χ3n) is 3.81. The van der Waals surface area contributed by atoms with E-state index in [0.717, 1.165) is 17.1 Å². The van der Waals surface area contributed by atoms with Crippen molar-refractivity contribution in [2.75, 3.05) is 0 Å². The molecule has 7 heteroatoms. The zero-order chi connectivity index (χ0) is 17.8. The maximum atomic E-state index is 12.1. The van der Waals surface area contributed by atoms with Gasteiger partial charge in [0, 0.05) is 42.3 Å². The largest absolute Gasteiger partial charge is 0.348 e. The van der Waals surface area contributed by atoms with Crippen LogP contribution >= 0.6 is 0 Å². The SMILES string of the molecule is Cc1nccn1-c1ccc(CNC(=O)c2cccc([N+](=O)[O-])c2)cc1. The van der Waals surface area contributed by atoms with Crippen molar-refractivity contribution in [3.63, 3.8) is 0 Å². The van der Waals surface area contributed by atoms with Gasteiger partial charge in [0.25, 0.3) is 11.6 Å². The Morgan fingerprint density at radius 3 is 2.64 bits per heavy atom. The van der Waals surface area contributed by atoms with Crippen molar-refractivity contribution in [2.45, 2.75) is 13.5 Å². The second kappa shape index (κ2) is 6.96. The average molecular weight is 336 g/mol. The Kier molecular flexibility index (Phi) is 4.56. The Morgan fingerprint density at radius 1 is 1.24 bits per heavy atom. The number of nitrogens with one attached hydrogen (secondary N) is 1. The quantitative estimate of drug-likeness (QED) is 0.573. The Morgan fingerprint density at radius 2 is 2.00 bits per heavy atom. The van der Waals surface area contributed by atoms with Gasteiger partial charge in [-0.25, -0.2) is 4.98 Å². The molecule has 0 bridgehead atoms. The Hall–Kier alpha value is -3.48. The predicted octanol–water partition coefficient (Wildman–Crippen LogP) is 3.02. The third kappa shape index (κ3) is 3.72. The second-order valence-corrected chi connectivity index (χ2v) is 5.50. The lowest BCUT2D eigenvalue weighted by molar-refractivity contribution is -0.384. The monoisotopic (exact) mass is 336 g/mol. The van der Waals surface area contributed by atoms with Gasteiger partial charge in [-0.3, -0.25) is 14.9 Å². The summed E-state index contributed by atoms with van der Waals surface area (Å²) in [5.41, 5.74) is 2.08. The van der Waals surface area contributed by atoms with Crippen molar-refractivity contribution < 1.29 is 9.72 Å². The summed E-state index contributed by atoms with van der Waals surface area (Å²) in [7, 11) is 0. The zero-order valence-electron chi connectivity index (χ0n) is 13.5. The second-order valence-electron chi connectivity index (χ2n) is 5.50. The molecule has 0 aliphatic carbocycles. The molecule has 0 aliphatic heterocycles. The first-order valence-corrected chi connectivity index (χ1v) is 7.66. The van der Waals surface area contributed by atoms with E-state index in [0.29, 0.717) is 6.54 Å². The highest BCUT2D eigenvalue weighted by molar-refractivity contribution is 5.94. The van der Waals surface area contributed by atoms with Gasteiger partial charge in [-0.1, -0.05) is 18.2 Å². The minimum absolute atomic E-state index is 0.104. The van der Waals surface area contributed by atoms with Gasteiger partial charge in [0.2, 0.25) is 0 Å². The Labute approximate surface area is 144 Å². The summed E-state index contributed by atoms with van der Waals surface area (Å²) < 4.78 is 1.96. The van der Waals surface area contributed by atoms with Crippen molar-refractivity contribution in [1.29, 1.82) is 0 Å². The highest BCUT2D eigenvalue weighted by Gasteiger charge is 2.11. The normalized spacial score (nSPS) is 10.4. The fourth-order valence-electron chi connectivity index (χ4n) is 2.47. The van der Waals surface area contributed by atoms with Gasteiger partial charge >= 0.3 is 0 Å². The van der Waals surface area contributed by atoms with Gasteiger partial charge in [-0.2, -0.15) is 0 Å². The van der Waals surface area contributed by atoms with E-state index in [2.05, 4.69) is 10.3 Å². The third-order valence-corrected chi connectivity index (χ3v) is 3.81. The first kappa shape index (κ1) is 16.4. The summed E-state index contributed by atoms with van der Waals surface area (Å²) >= 11 is 0. The van der Waals surface area contributed by atoms with E-state index < -0.39 is 4.92 Å². The molecule has 7 nitrogen and oxygen atoms in total. The van der Waals surface area contributed by atoms with E-state index in [1.165, 1.54) is 18.2 Å². The molecular formula is C18H16N4O3. The van der Waals surface area contributed by atoms with Crippen molar-refractivity contribution in [3.8, 4) is 5.69 Å². The summed E-state index contributed by atoms with van der Waals surface area (Å²) in [6, 6.07) is 13.4. The standard InChI is InChI=1S/C18H16N4O3/c1-13-19-9-10-21(13)16-7-5-14(6-8-16)12-20-18(23)15-3-2-4-17(11-15)22(24)25/h2-11H,12H2,1H3,(H,20,23). The number of non-ortho nitro benzene ring substituents is 1. The fraction of sp³-hybridized carbons (Fsp3) is 0.111. The van der Waals surface area contributed by atoms with Crippen molar-refractivity contribution in [2.24, 2.45) is 0 Å². The number of carbonyl (C=O) groups is 1. The lowest BCUT2D eigenvalue weighted by atomic mass is 10.1. The molecule has 3 aromatic rings. The van der Waals surface area contributed by atoms with E-state index in [4.69, 9.17) is 0 Å². The number of aryl methyl sites for hydroxylation is 1. The van der Waals surface area contributed by atoms with Gasteiger partial charge < -0.3 is 9.88 Å². The predicted molar refractivity (Wildman–Crippen MR) is 92.6 cm³/mol. The summed E-state index contributed by atoms with van der Waals surface area (Å²) in [5.74, 6) is 0.546. The molecule has 0 unspecified atom stereocenters. The fourth-order valence-corrected chi connectivity index (χ4v) is 2.47. The summed E-state index contributed by atoms with van der Waals surface area (Å²) in [5, 5.41) is 13.5. The highest BCUT2D eigenvalue weighted by Crippen LogP contribution is 2.14. The average Bonchev–Trinajstić information content (AvgIpc) is 3.06. The number of nitrogens with zero attached hydrogens (tertiary/aromatic N) is 3. The molecule has 0 aliphatic rings. The number of nitro benzene ring substituents is 1. The number of hydrogen-bond donors (Lipinski definition) is 1. The Balaban J connectivity index is 1.65. The molecule has 25 heavy (non-hydrogen) atoms. The minimum Gasteiger partial charge on any atom is -0.348 e. The van der Waals surface area contributed by atoms with E-state index in [9.17, 15) is 14.9 Å². The van der Waals surface area contributed by atoms with E-state index in [1.807, 2.05) is 42.0 Å². The first-order valence-electron chi connectivity index (χ1n) is 7.66. The van der Waals surface area contributed by atoms with E-state index in [-0.39, 0.29) is 17.2 Å². The highest BCUT2D eigenvalue weighted by atomic mass is 16.6. The van der Waals surface area contributed by atoms with Crippen molar-refractivity contribution in [1.82, 2.24) is 14.9 Å². The minimum atomic E-state index is -0.520. The topological polar surface area (TPSA) is 90.1 Å². The molecule has 0 fully saturated rings. The zero-order valence-corrected chi connectivity index (χ0v) is 13.5. The number of aromatic nitrogens is 2. The smallest absolute Gasteiger partial charge is 0.270 e. The first-order chi connectivity index (χ1) is 12.0. The van der Waals surface area contributed by atoms with Gasteiger partial charge in [-0.05, 0) is 30.7 Å². The van der Waals surface area contributed by atoms with Crippen LogP contribution < -0.4 is 5.32 Å². The molecule has 3 rings (SSSR count). The van der Waals surface area contributed by atoms with Crippen LogP contribution in [0.5, 0.6) is 0 Å². The van der Waals surface area contributed by atoms with Gasteiger partial charge in [0.1, 0.15) is 5.82 Å². The van der Waals surface area contributed by atoms with Crippen LogP contribution in [-0.4, -0.2) is 20.4 Å². The van der Waals surface area contributed by atoms with Crippen LogP contribution in [0, 0.1) is 17.0 Å². The Bertz CT molecular complexity index is 916. The number of benzene rings is 2. The molecule has 0 saturated heterocycles. The molecule has 0 saturated carbocycles. The van der Waals surface area contributed by atoms with Crippen LogP contribution in [0.1, 0.15) is 21.7 Å². The molecule has 0 atom stereocenters. The summed E-state index contributed by atoms with van der Waals surface area (Å²) in [4.78, 5) is 26.6. The molecule has 1 amide bonds. The lowest BCUT2D eigenvalue weighted by Gasteiger charge is -2.08. The summed E-state index contributed by atoms with van der Waals surface area (Å²) in [6.45, 7) is 2.26. The number of amides is 1. The maximum Gasteiger partial charge on any atom is 0.270 e. The van der Waals surface area contributed by atoms with Gasteiger partial charge in [-0.15, -0.1) is 0 Å². The number of imidazole rings is 1. The van der Waals surface area contributed by atoms with Crippen LogP contribution in [-0.2, 0) is 6.54 Å². The molecule has 1 heterocycles. The number of rotatable bonds is 5. The van der Waals surface area contributed by atoms with Crippen LogP contribution in [0.2, 0.25) is 0 Å². The van der Waals surface area contributed by atoms with Crippen LogP contribution in [0.25, 0.3) is 5.69 Å². The number of hydrogen-bond acceptors (Lipinski definition) is 4. The van der Waals surface area contributed by atoms with E-state index in [1.54, 1.807) is 12.3 Å². The molecule has 1 aromatic heterocycles. The van der Waals surface area contributed by atoms with Gasteiger partial charge in [0.15, 0.2) is 0 Å². The molecule has 0 radical (unpaired) electrons. The molecule has 1 N–H and O–H groups in total. The van der Waals surface area contributed by atoms with E-state index >= 15 is 0 Å². The molecular weight excluding hydrogens is 320 g/mol. The number of nitro groups is 1. The number of carbonyl (C=O) groups excluding carboxylic acids is 1. The molecule has 2 aromatic carbocycles. The lowest BCUT2D eigenvalue weighted by Crippen LogP contribution is -2.22. The maximum absolute atomic E-state index is 12.1. The molecule has 0 spiro atoms. The van der Waals surface area contributed by atoms with Crippen molar-refractivity contribution in [3.05, 3.63) is 88.0 Å². The van der Waals surface area contributed by atoms with Crippen LogP contribution in [0.15, 0.2) is 60.9 Å². The summed E-state index contributed by atoms with van der Waals surface area (Å²) in [6.07, 6.45) is 3.62. The van der Waals surface area contributed by atoms with Crippen LogP contribution in [0.4, 0.5) is 5.69 Å².